The fourth-order valence-electron chi connectivity index (χ4n) is 1.47. The molecule has 0 aromatic rings. The number of methoxy groups -OCH3 is 1. The summed E-state index contributed by atoms with van der Waals surface area (Å²) >= 11 is 0. The summed E-state index contributed by atoms with van der Waals surface area (Å²) in [5.74, 6) is -1.21. The molecule has 0 radical (unpaired) electrons. The van der Waals surface area contributed by atoms with Crippen molar-refractivity contribution in [1.29, 1.82) is 0 Å². The Bertz CT molecular complexity index is 363. The van der Waals surface area contributed by atoms with Crippen LogP contribution in [-0.4, -0.2) is 49.2 Å². The molecule has 21 heavy (non-hydrogen) atoms. The van der Waals surface area contributed by atoms with Crippen LogP contribution < -0.4 is 10.6 Å². The SMILES string of the molecule is COC(CNC(=O)CCCNC(=O)C(C)(C)C)CC(=O)O. The maximum absolute atomic E-state index is 11.6. The molecule has 0 saturated carbocycles. The van der Waals surface area contributed by atoms with E-state index in [2.05, 4.69) is 10.6 Å². The summed E-state index contributed by atoms with van der Waals surface area (Å²) in [6, 6.07) is 0. The standard InChI is InChI=1S/C14H26N2O5/c1-14(2,3)13(20)15-7-5-6-11(17)16-9-10(21-4)8-12(18)19/h10H,5-9H2,1-4H3,(H,15,20)(H,16,17)(H,18,19). The molecule has 0 saturated heterocycles. The van der Waals surface area contributed by atoms with Crippen molar-refractivity contribution in [2.24, 2.45) is 5.41 Å². The predicted octanol–water partition coefficient (Wildman–Crippen LogP) is 0.535. The molecule has 122 valence electrons. The Hall–Kier alpha value is -1.63. The van der Waals surface area contributed by atoms with E-state index < -0.39 is 17.5 Å². The normalized spacial score (nSPS) is 12.6. The van der Waals surface area contributed by atoms with Gasteiger partial charge in [-0.1, -0.05) is 20.8 Å². The van der Waals surface area contributed by atoms with Crippen LogP contribution >= 0.6 is 0 Å². The molecule has 0 spiro atoms. The highest BCUT2D eigenvalue weighted by atomic mass is 16.5. The molecule has 0 aromatic carbocycles. The van der Waals surface area contributed by atoms with Gasteiger partial charge in [0.1, 0.15) is 0 Å². The number of carbonyl (C=O) groups excluding carboxylic acids is 2. The first kappa shape index (κ1) is 19.4. The third-order valence-corrected chi connectivity index (χ3v) is 2.81. The molecule has 0 bridgehead atoms. The second-order valence-corrected chi connectivity index (χ2v) is 5.87. The van der Waals surface area contributed by atoms with Crippen LogP contribution in [0.2, 0.25) is 0 Å². The van der Waals surface area contributed by atoms with Gasteiger partial charge in [-0.3, -0.25) is 14.4 Å². The first-order valence-corrected chi connectivity index (χ1v) is 6.96. The smallest absolute Gasteiger partial charge is 0.306 e. The van der Waals surface area contributed by atoms with Crippen LogP contribution in [0, 0.1) is 5.41 Å². The van der Waals surface area contributed by atoms with Gasteiger partial charge in [-0.25, -0.2) is 0 Å². The summed E-state index contributed by atoms with van der Waals surface area (Å²) in [6.07, 6.45) is 0.114. The number of carbonyl (C=O) groups is 3. The van der Waals surface area contributed by atoms with Crippen molar-refractivity contribution in [3.8, 4) is 0 Å². The van der Waals surface area contributed by atoms with Gasteiger partial charge in [-0.05, 0) is 6.42 Å². The highest BCUT2D eigenvalue weighted by Gasteiger charge is 2.20. The second kappa shape index (κ2) is 9.33. The summed E-state index contributed by atoms with van der Waals surface area (Å²) < 4.78 is 4.95. The van der Waals surface area contributed by atoms with Crippen LogP contribution in [0.3, 0.4) is 0 Å². The van der Waals surface area contributed by atoms with Gasteiger partial charge in [-0.15, -0.1) is 0 Å². The van der Waals surface area contributed by atoms with Gasteiger partial charge in [0.15, 0.2) is 0 Å². The van der Waals surface area contributed by atoms with Crippen LogP contribution in [-0.2, 0) is 19.1 Å². The Kier molecular flexibility index (Phi) is 8.61. The largest absolute Gasteiger partial charge is 0.481 e. The average molecular weight is 302 g/mol. The Morgan fingerprint density at radius 3 is 2.29 bits per heavy atom. The molecular formula is C14H26N2O5. The average Bonchev–Trinajstić information content (AvgIpc) is 2.37. The number of carboxylic acids is 1. The van der Waals surface area contributed by atoms with Crippen molar-refractivity contribution in [1.82, 2.24) is 10.6 Å². The number of carboxylic acid groups (broad SMARTS) is 1. The molecule has 3 N–H and O–H groups in total. The van der Waals surface area contributed by atoms with Gasteiger partial charge in [0.25, 0.3) is 0 Å². The van der Waals surface area contributed by atoms with Gasteiger partial charge < -0.3 is 20.5 Å². The van der Waals surface area contributed by atoms with Gasteiger partial charge in [0.2, 0.25) is 11.8 Å². The molecular weight excluding hydrogens is 276 g/mol. The minimum absolute atomic E-state index is 0.0520. The zero-order valence-electron chi connectivity index (χ0n) is 13.2. The summed E-state index contributed by atoms with van der Waals surface area (Å²) in [4.78, 5) is 33.7. The Labute approximate surface area is 125 Å². The quantitative estimate of drug-likeness (QED) is 0.539. The zero-order chi connectivity index (χ0) is 16.5. The molecule has 0 aliphatic heterocycles. The number of aliphatic carboxylic acids is 1. The lowest BCUT2D eigenvalue weighted by Gasteiger charge is -2.17. The number of amides is 2. The topological polar surface area (TPSA) is 105 Å². The summed E-state index contributed by atoms with van der Waals surface area (Å²) in [5.41, 5.74) is -0.440. The second-order valence-electron chi connectivity index (χ2n) is 5.87. The van der Waals surface area contributed by atoms with E-state index in [0.717, 1.165) is 0 Å². The molecule has 0 aromatic heterocycles. The summed E-state index contributed by atoms with van der Waals surface area (Å²) in [5, 5.41) is 14.0. The number of nitrogens with one attached hydrogen (secondary N) is 2. The van der Waals surface area contributed by atoms with Crippen molar-refractivity contribution in [2.45, 2.75) is 46.1 Å². The third kappa shape index (κ3) is 9.84. The molecule has 0 aliphatic carbocycles. The van der Waals surface area contributed by atoms with Gasteiger partial charge in [0.05, 0.1) is 12.5 Å². The number of rotatable bonds is 9. The van der Waals surface area contributed by atoms with E-state index in [9.17, 15) is 14.4 Å². The number of hydrogen-bond donors (Lipinski definition) is 3. The van der Waals surface area contributed by atoms with Crippen LogP contribution in [0.15, 0.2) is 0 Å². The molecule has 0 heterocycles. The van der Waals surface area contributed by atoms with Crippen LogP contribution in [0.25, 0.3) is 0 Å². The first-order chi connectivity index (χ1) is 9.66. The minimum atomic E-state index is -0.971. The summed E-state index contributed by atoms with van der Waals surface area (Å²) in [7, 11) is 1.40. The van der Waals surface area contributed by atoms with Gasteiger partial charge >= 0.3 is 5.97 Å². The van der Waals surface area contributed by atoms with Crippen molar-refractivity contribution in [3.63, 3.8) is 0 Å². The van der Waals surface area contributed by atoms with Crippen LogP contribution in [0.4, 0.5) is 0 Å². The van der Waals surface area contributed by atoms with Crippen molar-refractivity contribution in [3.05, 3.63) is 0 Å². The highest BCUT2D eigenvalue weighted by molar-refractivity contribution is 5.81. The van der Waals surface area contributed by atoms with E-state index in [4.69, 9.17) is 9.84 Å². The predicted molar refractivity (Wildman–Crippen MR) is 77.8 cm³/mol. The van der Waals surface area contributed by atoms with Crippen molar-refractivity contribution in [2.75, 3.05) is 20.2 Å². The Balaban J connectivity index is 3.81. The molecule has 0 aliphatic rings. The van der Waals surface area contributed by atoms with E-state index >= 15 is 0 Å². The molecule has 1 unspecified atom stereocenters. The number of ether oxygens (including phenoxy) is 1. The Morgan fingerprint density at radius 2 is 1.81 bits per heavy atom. The van der Waals surface area contributed by atoms with Crippen LogP contribution in [0.1, 0.15) is 40.0 Å². The molecule has 0 rings (SSSR count). The third-order valence-electron chi connectivity index (χ3n) is 2.81. The molecule has 7 heteroatoms. The molecule has 2 amide bonds. The fraction of sp³-hybridized carbons (Fsp3) is 0.786. The fourth-order valence-corrected chi connectivity index (χ4v) is 1.47. The molecule has 7 nitrogen and oxygen atoms in total. The van der Waals surface area contributed by atoms with Crippen LogP contribution in [0.5, 0.6) is 0 Å². The zero-order valence-corrected chi connectivity index (χ0v) is 13.2. The highest BCUT2D eigenvalue weighted by Crippen LogP contribution is 2.12. The lowest BCUT2D eigenvalue weighted by Crippen LogP contribution is -2.37. The van der Waals surface area contributed by atoms with E-state index in [-0.39, 0.29) is 31.2 Å². The monoisotopic (exact) mass is 302 g/mol. The molecule has 0 fully saturated rings. The van der Waals surface area contributed by atoms with E-state index in [0.29, 0.717) is 13.0 Å². The maximum Gasteiger partial charge on any atom is 0.306 e. The lowest BCUT2D eigenvalue weighted by atomic mass is 9.96. The number of hydrogen-bond acceptors (Lipinski definition) is 4. The minimum Gasteiger partial charge on any atom is -0.481 e. The van der Waals surface area contributed by atoms with Gasteiger partial charge in [-0.2, -0.15) is 0 Å². The summed E-state index contributed by atoms with van der Waals surface area (Å²) in [6.45, 7) is 6.06. The van der Waals surface area contributed by atoms with Crippen molar-refractivity contribution >= 4 is 17.8 Å². The lowest BCUT2D eigenvalue weighted by molar-refractivity contribution is -0.140. The van der Waals surface area contributed by atoms with Crippen molar-refractivity contribution < 1.29 is 24.2 Å². The first-order valence-electron chi connectivity index (χ1n) is 6.96. The van der Waals surface area contributed by atoms with E-state index in [1.54, 1.807) is 0 Å². The van der Waals surface area contributed by atoms with E-state index in [1.807, 2.05) is 20.8 Å². The maximum atomic E-state index is 11.6. The Morgan fingerprint density at radius 1 is 1.19 bits per heavy atom. The molecule has 1 atom stereocenters. The van der Waals surface area contributed by atoms with E-state index in [1.165, 1.54) is 7.11 Å². The van der Waals surface area contributed by atoms with Gasteiger partial charge in [0, 0.05) is 32.0 Å².